The molecule has 0 bridgehead atoms. The van der Waals surface area contributed by atoms with Gasteiger partial charge >= 0.3 is 0 Å². The fourth-order valence-corrected chi connectivity index (χ4v) is 2.37. The quantitative estimate of drug-likeness (QED) is 0.654. The van der Waals surface area contributed by atoms with Crippen LogP contribution in [-0.2, 0) is 5.41 Å². The molecule has 1 radical (unpaired) electrons. The lowest BCUT2D eigenvalue weighted by molar-refractivity contribution is 0.592. The van der Waals surface area contributed by atoms with Crippen molar-refractivity contribution in [2.75, 3.05) is 0 Å². The van der Waals surface area contributed by atoms with Crippen molar-refractivity contribution < 1.29 is 0 Å². The lowest BCUT2D eigenvalue weighted by atomic mass is 9.81. The Morgan fingerprint density at radius 1 is 1.00 bits per heavy atom. The lowest BCUT2D eigenvalue weighted by Crippen LogP contribution is -2.12. The van der Waals surface area contributed by atoms with Crippen LogP contribution in [0.5, 0.6) is 0 Å². The minimum absolute atomic E-state index is 0.151. The zero-order valence-electron chi connectivity index (χ0n) is 12.6. The highest BCUT2D eigenvalue weighted by atomic mass is 14.2. The molecule has 0 heteroatoms. The first-order chi connectivity index (χ1) is 8.89. The van der Waals surface area contributed by atoms with Crippen molar-refractivity contribution in [3.05, 3.63) is 59.7 Å². The van der Waals surface area contributed by atoms with Crippen molar-refractivity contribution in [2.24, 2.45) is 0 Å². The van der Waals surface area contributed by atoms with Gasteiger partial charge in [-0.2, -0.15) is 0 Å². The van der Waals surface area contributed by atoms with Crippen LogP contribution in [0.25, 0.3) is 11.1 Å². The second kappa shape index (κ2) is 5.21. The van der Waals surface area contributed by atoms with Crippen LogP contribution >= 0.6 is 0 Å². The van der Waals surface area contributed by atoms with Crippen molar-refractivity contribution in [3.8, 4) is 11.1 Å². The van der Waals surface area contributed by atoms with Crippen molar-refractivity contribution >= 4 is 0 Å². The van der Waals surface area contributed by atoms with E-state index < -0.39 is 0 Å². The van der Waals surface area contributed by atoms with Gasteiger partial charge in [0.1, 0.15) is 0 Å². The SMILES string of the molecule is CC(C)c1cc[c]c(-c2ccccc2C(C)(C)C)c1. The average molecular weight is 251 g/mol. The topological polar surface area (TPSA) is 0 Å². The van der Waals surface area contributed by atoms with E-state index in [0.29, 0.717) is 5.92 Å². The van der Waals surface area contributed by atoms with E-state index in [1.54, 1.807) is 0 Å². The molecule has 0 atom stereocenters. The number of hydrogen-bond acceptors (Lipinski definition) is 0. The van der Waals surface area contributed by atoms with Crippen LogP contribution in [0.1, 0.15) is 51.7 Å². The van der Waals surface area contributed by atoms with Crippen LogP contribution in [0.4, 0.5) is 0 Å². The molecular formula is C19H23. The highest BCUT2D eigenvalue weighted by molar-refractivity contribution is 5.68. The molecule has 0 aliphatic rings. The van der Waals surface area contributed by atoms with Crippen molar-refractivity contribution in [1.82, 2.24) is 0 Å². The van der Waals surface area contributed by atoms with E-state index in [4.69, 9.17) is 0 Å². The van der Waals surface area contributed by atoms with E-state index in [-0.39, 0.29) is 5.41 Å². The van der Waals surface area contributed by atoms with Crippen LogP contribution < -0.4 is 0 Å². The Morgan fingerprint density at radius 2 is 1.68 bits per heavy atom. The maximum atomic E-state index is 3.39. The molecule has 0 fully saturated rings. The third kappa shape index (κ3) is 3.07. The molecule has 0 amide bonds. The highest BCUT2D eigenvalue weighted by Crippen LogP contribution is 2.33. The zero-order valence-corrected chi connectivity index (χ0v) is 12.6. The van der Waals surface area contributed by atoms with Crippen molar-refractivity contribution in [2.45, 2.75) is 46.0 Å². The fraction of sp³-hybridized carbons (Fsp3) is 0.368. The molecule has 0 N–H and O–H groups in total. The van der Waals surface area contributed by atoms with Gasteiger partial charge in [-0.3, -0.25) is 0 Å². The van der Waals surface area contributed by atoms with Gasteiger partial charge in [-0.25, -0.2) is 0 Å². The predicted molar refractivity (Wildman–Crippen MR) is 83.5 cm³/mol. The number of rotatable bonds is 2. The van der Waals surface area contributed by atoms with Gasteiger partial charge < -0.3 is 0 Å². The lowest BCUT2D eigenvalue weighted by Gasteiger charge is -2.23. The molecule has 0 saturated carbocycles. The summed E-state index contributed by atoms with van der Waals surface area (Å²) in [6.07, 6.45) is 0. The molecule has 0 spiro atoms. The minimum atomic E-state index is 0.151. The van der Waals surface area contributed by atoms with Crippen LogP contribution in [0.15, 0.2) is 42.5 Å². The van der Waals surface area contributed by atoms with E-state index in [1.165, 1.54) is 22.3 Å². The molecule has 0 aliphatic heterocycles. The fourth-order valence-electron chi connectivity index (χ4n) is 2.37. The van der Waals surface area contributed by atoms with Gasteiger partial charge in [-0.1, -0.05) is 77.1 Å². The molecular weight excluding hydrogens is 228 g/mol. The summed E-state index contributed by atoms with van der Waals surface area (Å²) in [6.45, 7) is 11.2. The van der Waals surface area contributed by atoms with Crippen LogP contribution in [0.2, 0.25) is 0 Å². The standard InChI is InChI=1S/C19H23/c1-14(2)15-9-8-10-16(13-15)17-11-6-7-12-18(17)19(3,4)5/h6-9,11-14H,1-5H3. The molecule has 0 heterocycles. The van der Waals surface area contributed by atoms with Crippen molar-refractivity contribution in [3.63, 3.8) is 0 Å². The van der Waals surface area contributed by atoms with Crippen LogP contribution in [-0.4, -0.2) is 0 Å². The van der Waals surface area contributed by atoms with Crippen LogP contribution in [0, 0.1) is 6.07 Å². The molecule has 0 saturated heterocycles. The summed E-state index contributed by atoms with van der Waals surface area (Å²) < 4.78 is 0. The largest absolute Gasteiger partial charge is 0.0619 e. The first-order valence-corrected chi connectivity index (χ1v) is 7.01. The Balaban J connectivity index is 2.56. The Labute approximate surface area is 117 Å². The van der Waals surface area contributed by atoms with Crippen molar-refractivity contribution in [1.29, 1.82) is 0 Å². The third-order valence-electron chi connectivity index (χ3n) is 3.52. The number of benzene rings is 2. The second-order valence-corrected chi connectivity index (χ2v) is 6.49. The molecule has 0 unspecified atom stereocenters. The maximum Gasteiger partial charge on any atom is -0.00989 e. The van der Waals surface area contributed by atoms with E-state index in [0.717, 1.165) is 0 Å². The third-order valence-corrected chi connectivity index (χ3v) is 3.52. The normalized spacial score (nSPS) is 11.9. The van der Waals surface area contributed by atoms with Gasteiger partial charge in [0.15, 0.2) is 0 Å². The van der Waals surface area contributed by atoms with Gasteiger partial charge in [-0.15, -0.1) is 0 Å². The average Bonchev–Trinajstić information content (AvgIpc) is 2.38. The van der Waals surface area contributed by atoms with E-state index in [2.05, 4.69) is 77.1 Å². The summed E-state index contributed by atoms with van der Waals surface area (Å²) in [5, 5.41) is 0. The highest BCUT2D eigenvalue weighted by Gasteiger charge is 2.18. The molecule has 2 rings (SSSR count). The van der Waals surface area contributed by atoms with Gasteiger partial charge in [-0.05, 0) is 39.7 Å². The van der Waals surface area contributed by atoms with E-state index in [9.17, 15) is 0 Å². The molecule has 0 aromatic heterocycles. The Bertz CT molecular complexity index is 556. The smallest absolute Gasteiger partial charge is 0.00989 e. The molecule has 2 aromatic carbocycles. The summed E-state index contributed by atoms with van der Waals surface area (Å²) in [6, 6.07) is 18.5. The second-order valence-electron chi connectivity index (χ2n) is 6.49. The summed E-state index contributed by atoms with van der Waals surface area (Å²) in [5.74, 6) is 0.551. The van der Waals surface area contributed by atoms with Gasteiger partial charge in [0.05, 0.1) is 0 Å². The summed E-state index contributed by atoms with van der Waals surface area (Å²) in [5.41, 5.74) is 5.41. The van der Waals surface area contributed by atoms with Gasteiger partial charge in [0.25, 0.3) is 0 Å². The maximum absolute atomic E-state index is 3.39. The van der Waals surface area contributed by atoms with Gasteiger partial charge in [0.2, 0.25) is 0 Å². The molecule has 19 heavy (non-hydrogen) atoms. The predicted octanol–water partition coefficient (Wildman–Crippen LogP) is 5.57. The molecule has 0 nitrogen and oxygen atoms in total. The molecule has 2 aromatic rings. The first-order valence-electron chi connectivity index (χ1n) is 7.01. The first kappa shape index (κ1) is 13.9. The molecule has 99 valence electrons. The Kier molecular flexibility index (Phi) is 3.80. The molecule has 0 aliphatic carbocycles. The minimum Gasteiger partial charge on any atom is -0.0619 e. The summed E-state index contributed by atoms with van der Waals surface area (Å²) in [4.78, 5) is 0. The van der Waals surface area contributed by atoms with E-state index in [1.807, 2.05) is 6.07 Å². The van der Waals surface area contributed by atoms with Crippen LogP contribution in [0.3, 0.4) is 0 Å². The summed E-state index contributed by atoms with van der Waals surface area (Å²) in [7, 11) is 0. The Hall–Kier alpha value is -1.56. The Morgan fingerprint density at radius 3 is 2.32 bits per heavy atom. The van der Waals surface area contributed by atoms with Gasteiger partial charge in [0, 0.05) is 0 Å². The zero-order chi connectivity index (χ0) is 14.0. The monoisotopic (exact) mass is 251 g/mol. The summed E-state index contributed by atoms with van der Waals surface area (Å²) >= 11 is 0. The van der Waals surface area contributed by atoms with E-state index >= 15 is 0 Å². The number of hydrogen-bond donors (Lipinski definition) is 0.